The second-order valence-corrected chi connectivity index (χ2v) is 0.492. The predicted octanol–water partition coefficient (Wildman–Crippen LogP) is -1.08. The second kappa shape index (κ2) is 9.00. The van der Waals surface area contributed by atoms with Gasteiger partial charge in [-0.25, -0.2) is 0 Å². The van der Waals surface area contributed by atoms with Crippen LogP contribution in [0.3, 0.4) is 0 Å². The van der Waals surface area contributed by atoms with E-state index >= 15 is 0 Å². The van der Waals surface area contributed by atoms with Crippen LogP contribution in [-0.4, -0.2) is 5.97 Å². The summed E-state index contributed by atoms with van der Waals surface area (Å²) in [5.74, 6) is -1.08. The van der Waals surface area contributed by atoms with Gasteiger partial charge in [-0.1, -0.05) is 0 Å². The second-order valence-electron chi connectivity index (χ2n) is 0.492. The minimum atomic E-state index is -1.08. The molecular formula is C2H6NO2Zr+3. The van der Waals surface area contributed by atoms with Crippen LogP contribution in [0.25, 0.3) is 0 Å². The van der Waals surface area contributed by atoms with E-state index in [-0.39, 0.29) is 32.4 Å². The van der Waals surface area contributed by atoms with Crippen LogP contribution in [0.2, 0.25) is 0 Å². The summed E-state index contributed by atoms with van der Waals surface area (Å²) >= 11 is 0. The minimum absolute atomic E-state index is 0. The third-order valence-corrected chi connectivity index (χ3v) is 0. The van der Waals surface area contributed by atoms with Crippen LogP contribution in [0.1, 0.15) is 6.92 Å². The quantitative estimate of drug-likeness (QED) is 0.498. The van der Waals surface area contributed by atoms with Crippen molar-refractivity contribution in [1.82, 2.24) is 6.15 Å². The van der Waals surface area contributed by atoms with Crippen LogP contribution < -0.4 is 11.3 Å². The number of hydrogen-bond acceptors (Lipinski definition) is 3. The van der Waals surface area contributed by atoms with Crippen molar-refractivity contribution < 1.29 is 36.1 Å². The largest absolute Gasteiger partial charge is 4.00 e. The first-order valence-corrected chi connectivity index (χ1v) is 0.908. The van der Waals surface area contributed by atoms with Gasteiger partial charge in [0.25, 0.3) is 0 Å². The van der Waals surface area contributed by atoms with Gasteiger partial charge in [-0.05, 0) is 6.92 Å². The van der Waals surface area contributed by atoms with Crippen LogP contribution in [0.15, 0.2) is 0 Å². The average Bonchev–Trinajstić information content (AvgIpc) is 0.811. The summed E-state index contributed by atoms with van der Waals surface area (Å²) < 4.78 is 0. The average molecular weight is 167 g/mol. The fourth-order valence-corrected chi connectivity index (χ4v) is 0. The molecule has 0 aliphatic rings. The summed E-state index contributed by atoms with van der Waals surface area (Å²) in [6.45, 7) is 0.972. The molecule has 0 atom stereocenters. The molecule has 0 spiro atoms. The maximum atomic E-state index is 8.89. The molecule has 3 nitrogen and oxygen atoms in total. The molecule has 3 N–H and O–H groups in total. The van der Waals surface area contributed by atoms with Gasteiger partial charge in [-0.2, -0.15) is 0 Å². The van der Waals surface area contributed by atoms with Crippen molar-refractivity contribution in [3.05, 3.63) is 0 Å². The summed E-state index contributed by atoms with van der Waals surface area (Å²) in [4.78, 5) is 8.89. The van der Waals surface area contributed by atoms with Crippen LogP contribution in [0.5, 0.6) is 0 Å². The van der Waals surface area contributed by atoms with Crippen molar-refractivity contribution in [2.45, 2.75) is 6.92 Å². The van der Waals surface area contributed by atoms with E-state index in [1.165, 1.54) is 0 Å². The molecule has 0 aromatic carbocycles. The van der Waals surface area contributed by atoms with Crippen LogP contribution >= 0.6 is 0 Å². The zero-order valence-electron chi connectivity index (χ0n) is 3.52. The molecule has 0 aromatic heterocycles. The molecule has 0 saturated carbocycles. The van der Waals surface area contributed by atoms with Gasteiger partial charge in [0.1, 0.15) is 0 Å². The molecule has 6 heavy (non-hydrogen) atoms. The SMILES string of the molecule is CC(=O)[O-].N.[Zr+4]. The van der Waals surface area contributed by atoms with Gasteiger partial charge in [-0.15, -0.1) is 0 Å². The molecule has 32 valence electrons. The molecule has 0 fully saturated rings. The van der Waals surface area contributed by atoms with Gasteiger partial charge in [0.2, 0.25) is 0 Å². The summed E-state index contributed by atoms with van der Waals surface area (Å²) in [6.07, 6.45) is 0. The van der Waals surface area contributed by atoms with Crippen molar-refractivity contribution in [3.63, 3.8) is 0 Å². The summed E-state index contributed by atoms with van der Waals surface area (Å²) in [5.41, 5.74) is 0. The molecule has 0 aliphatic carbocycles. The Bertz CT molecular complexity index is 34.5. The Kier molecular flexibility index (Phi) is 24.4. The van der Waals surface area contributed by atoms with Crippen molar-refractivity contribution in [3.8, 4) is 0 Å². The van der Waals surface area contributed by atoms with Crippen LogP contribution in [0.4, 0.5) is 0 Å². The van der Waals surface area contributed by atoms with E-state index in [1.54, 1.807) is 0 Å². The smallest absolute Gasteiger partial charge is 0.550 e. The van der Waals surface area contributed by atoms with Gasteiger partial charge < -0.3 is 16.1 Å². The van der Waals surface area contributed by atoms with Crippen molar-refractivity contribution in [2.24, 2.45) is 0 Å². The van der Waals surface area contributed by atoms with Crippen molar-refractivity contribution in [2.75, 3.05) is 0 Å². The molecule has 0 radical (unpaired) electrons. The van der Waals surface area contributed by atoms with Crippen LogP contribution in [0, 0.1) is 0 Å². The molecule has 0 saturated heterocycles. The molecule has 0 amide bonds. The third-order valence-electron chi connectivity index (χ3n) is 0. The number of rotatable bonds is 0. The van der Waals surface area contributed by atoms with E-state index < -0.39 is 5.97 Å². The fourth-order valence-electron chi connectivity index (χ4n) is 0. The van der Waals surface area contributed by atoms with E-state index in [0.29, 0.717) is 0 Å². The Morgan fingerprint density at radius 3 is 1.67 bits per heavy atom. The Labute approximate surface area is 55.4 Å². The molecule has 0 aliphatic heterocycles. The number of carboxylic acids is 1. The van der Waals surface area contributed by atoms with Gasteiger partial charge in [0, 0.05) is 5.97 Å². The van der Waals surface area contributed by atoms with Gasteiger partial charge in [0.15, 0.2) is 0 Å². The molecule has 0 heterocycles. The molecular weight excluding hydrogens is 161 g/mol. The molecule has 4 heteroatoms. The number of aliphatic carboxylic acids is 1. The first-order chi connectivity index (χ1) is 1.73. The number of carbonyl (C=O) groups excluding carboxylic acids is 1. The first-order valence-electron chi connectivity index (χ1n) is 0.908. The normalized spacial score (nSPS) is 4.17. The first kappa shape index (κ1) is 16.2. The summed E-state index contributed by atoms with van der Waals surface area (Å²) in [7, 11) is 0. The standard InChI is InChI=1S/C2H4O2.H3N.Zr/c1-2(3)4;;/h1H3,(H,3,4);1H3;/q;;+4/p-1. The maximum Gasteiger partial charge on any atom is 4.00 e. The predicted molar refractivity (Wildman–Crippen MR) is 15.7 cm³/mol. The van der Waals surface area contributed by atoms with Gasteiger partial charge in [-0.3, -0.25) is 0 Å². The molecule has 0 rings (SSSR count). The summed E-state index contributed by atoms with van der Waals surface area (Å²) in [6, 6.07) is 0. The minimum Gasteiger partial charge on any atom is -0.550 e. The van der Waals surface area contributed by atoms with Crippen molar-refractivity contribution >= 4 is 5.97 Å². The number of hydrogen-bond donors (Lipinski definition) is 1. The Morgan fingerprint density at radius 2 is 1.67 bits per heavy atom. The summed E-state index contributed by atoms with van der Waals surface area (Å²) in [5, 5.41) is 8.89. The molecule has 0 bridgehead atoms. The number of carbonyl (C=O) groups is 1. The Balaban J connectivity index is -0.0000000450. The molecule has 0 unspecified atom stereocenters. The van der Waals surface area contributed by atoms with E-state index in [0.717, 1.165) is 6.92 Å². The topological polar surface area (TPSA) is 75.1 Å². The van der Waals surface area contributed by atoms with E-state index in [4.69, 9.17) is 9.90 Å². The van der Waals surface area contributed by atoms with E-state index in [1.807, 2.05) is 0 Å². The third kappa shape index (κ3) is 483. The van der Waals surface area contributed by atoms with Crippen molar-refractivity contribution in [1.29, 1.82) is 0 Å². The van der Waals surface area contributed by atoms with Gasteiger partial charge >= 0.3 is 26.2 Å². The Hall–Kier alpha value is 0.313. The fraction of sp³-hybridized carbons (Fsp3) is 0.500. The van der Waals surface area contributed by atoms with E-state index in [9.17, 15) is 0 Å². The zero-order chi connectivity index (χ0) is 3.58. The monoisotopic (exact) mass is 166 g/mol. The van der Waals surface area contributed by atoms with Crippen LogP contribution in [-0.2, 0) is 31.0 Å². The maximum absolute atomic E-state index is 8.89. The van der Waals surface area contributed by atoms with E-state index in [2.05, 4.69) is 0 Å². The number of carboxylic acid groups (broad SMARTS) is 1. The van der Waals surface area contributed by atoms with Gasteiger partial charge in [0.05, 0.1) is 0 Å². The molecule has 0 aromatic rings. The Morgan fingerprint density at radius 1 is 1.67 bits per heavy atom. The zero-order valence-corrected chi connectivity index (χ0v) is 5.98.